The molecule has 1 aromatic carbocycles. The number of aromatic nitrogens is 1. The van der Waals surface area contributed by atoms with Crippen LogP contribution in [0.3, 0.4) is 0 Å². The maximum Gasteiger partial charge on any atom is 0.165 e. The predicted molar refractivity (Wildman–Crippen MR) is 75.2 cm³/mol. The lowest BCUT2D eigenvalue weighted by atomic mass is 9.91. The first-order valence-corrected chi connectivity index (χ1v) is 6.73. The fraction of sp³-hybridized carbons (Fsp3) is 0.312. The molecule has 2 atom stereocenters. The summed E-state index contributed by atoms with van der Waals surface area (Å²) in [5.74, 6) is 0.0481. The van der Waals surface area contributed by atoms with Crippen molar-refractivity contribution in [2.24, 2.45) is 5.73 Å². The summed E-state index contributed by atoms with van der Waals surface area (Å²) >= 11 is 0. The number of hydrogen-bond acceptors (Lipinski definition) is 3. The Morgan fingerprint density at radius 2 is 2.25 bits per heavy atom. The molecule has 4 heteroatoms. The standard InChI is InChI=1S/C16H17FN2O/c1-20-14-9-11(5-7-13(14)17)15(18)12-6-4-10-3-2-8-19-16(10)12/h2-3,5,7-9,12,15H,4,6,18H2,1H3. The van der Waals surface area contributed by atoms with Gasteiger partial charge < -0.3 is 10.5 Å². The lowest BCUT2D eigenvalue weighted by molar-refractivity contribution is 0.384. The highest BCUT2D eigenvalue weighted by atomic mass is 19.1. The molecular formula is C16H17FN2O. The second-order valence-electron chi connectivity index (χ2n) is 5.11. The van der Waals surface area contributed by atoms with Gasteiger partial charge in [0.15, 0.2) is 11.6 Å². The number of benzene rings is 1. The Hall–Kier alpha value is -1.94. The summed E-state index contributed by atoms with van der Waals surface area (Å²) in [4.78, 5) is 4.46. The Morgan fingerprint density at radius 3 is 3.05 bits per heavy atom. The van der Waals surface area contributed by atoms with E-state index in [1.165, 1.54) is 18.7 Å². The summed E-state index contributed by atoms with van der Waals surface area (Å²) in [6.45, 7) is 0. The molecule has 1 aliphatic rings. The first kappa shape index (κ1) is 13.1. The molecule has 1 heterocycles. The van der Waals surface area contributed by atoms with E-state index in [1.807, 2.05) is 6.07 Å². The maximum absolute atomic E-state index is 13.5. The molecule has 3 rings (SSSR count). The predicted octanol–water partition coefficient (Wildman–Crippen LogP) is 2.96. The van der Waals surface area contributed by atoms with Gasteiger partial charge in [-0.2, -0.15) is 0 Å². The van der Waals surface area contributed by atoms with Crippen molar-refractivity contribution in [2.45, 2.75) is 24.8 Å². The van der Waals surface area contributed by atoms with Crippen molar-refractivity contribution < 1.29 is 9.13 Å². The summed E-state index contributed by atoms with van der Waals surface area (Å²) in [7, 11) is 1.46. The molecule has 3 nitrogen and oxygen atoms in total. The molecule has 2 N–H and O–H groups in total. The van der Waals surface area contributed by atoms with E-state index >= 15 is 0 Å². The fourth-order valence-corrected chi connectivity index (χ4v) is 2.91. The Bertz CT molecular complexity index is 630. The largest absolute Gasteiger partial charge is 0.494 e. The van der Waals surface area contributed by atoms with Gasteiger partial charge in [-0.1, -0.05) is 12.1 Å². The van der Waals surface area contributed by atoms with Crippen LogP contribution >= 0.6 is 0 Å². The van der Waals surface area contributed by atoms with Crippen molar-refractivity contribution in [2.75, 3.05) is 7.11 Å². The van der Waals surface area contributed by atoms with Gasteiger partial charge in [0.1, 0.15) is 0 Å². The van der Waals surface area contributed by atoms with Crippen LogP contribution in [0.15, 0.2) is 36.5 Å². The number of fused-ring (bicyclic) bond motifs is 1. The van der Waals surface area contributed by atoms with Crippen LogP contribution in [0, 0.1) is 5.82 Å². The smallest absolute Gasteiger partial charge is 0.165 e. The molecule has 0 fully saturated rings. The molecular weight excluding hydrogens is 255 g/mol. The van der Waals surface area contributed by atoms with Gasteiger partial charge in [0.25, 0.3) is 0 Å². The van der Waals surface area contributed by atoms with Crippen molar-refractivity contribution in [3.63, 3.8) is 0 Å². The summed E-state index contributed by atoms with van der Waals surface area (Å²) < 4.78 is 18.5. The number of aryl methyl sites for hydroxylation is 1. The molecule has 0 amide bonds. The van der Waals surface area contributed by atoms with E-state index in [9.17, 15) is 4.39 Å². The van der Waals surface area contributed by atoms with Crippen LogP contribution in [0.25, 0.3) is 0 Å². The monoisotopic (exact) mass is 272 g/mol. The van der Waals surface area contributed by atoms with Gasteiger partial charge >= 0.3 is 0 Å². The molecule has 0 radical (unpaired) electrons. The molecule has 104 valence electrons. The number of nitrogens with zero attached hydrogens (tertiary/aromatic N) is 1. The van der Waals surface area contributed by atoms with E-state index in [0.717, 1.165) is 24.1 Å². The number of rotatable bonds is 3. The summed E-state index contributed by atoms with van der Waals surface area (Å²) in [5, 5.41) is 0. The minimum Gasteiger partial charge on any atom is -0.494 e. The SMILES string of the molecule is COc1cc(C(N)C2CCc3cccnc32)ccc1F. The minimum absolute atomic E-state index is 0.182. The minimum atomic E-state index is -0.367. The first-order valence-electron chi connectivity index (χ1n) is 6.73. The van der Waals surface area contributed by atoms with Gasteiger partial charge in [-0.15, -0.1) is 0 Å². The molecule has 0 spiro atoms. The Balaban J connectivity index is 1.92. The van der Waals surface area contributed by atoms with E-state index in [4.69, 9.17) is 10.5 Å². The van der Waals surface area contributed by atoms with Crippen molar-refractivity contribution in [1.82, 2.24) is 4.98 Å². The number of pyridine rings is 1. The van der Waals surface area contributed by atoms with Crippen LogP contribution in [0.2, 0.25) is 0 Å². The highest BCUT2D eigenvalue weighted by molar-refractivity contribution is 5.37. The van der Waals surface area contributed by atoms with Gasteiger partial charge in [-0.05, 0) is 42.2 Å². The van der Waals surface area contributed by atoms with E-state index in [-0.39, 0.29) is 23.5 Å². The zero-order valence-electron chi connectivity index (χ0n) is 11.3. The summed E-state index contributed by atoms with van der Waals surface area (Å²) in [6.07, 6.45) is 3.78. The van der Waals surface area contributed by atoms with Crippen LogP contribution in [0.4, 0.5) is 4.39 Å². The molecule has 1 aromatic heterocycles. The van der Waals surface area contributed by atoms with Crippen LogP contribution in [-0.2, 0) is 6.42 Å². The molecule has 20 heavy (non-hydrogen) atoms. The number of methoxy groups -OCH3 is 1. The maximum atomic E-state index is 13.5. The average molecular weight is 272 g/mol. The Kier molecular flexibility index (Phi) is 3.40. The van der Waals surface area contributed by atoms with Crippen molar-refractivity contribution >= 4 is 0 Å². The third-order valence-electron chi connectivity index (χ3n) is 4.00. The van der Waals surface area contributed by atoms with Gasteiger partial charge in [0.2, 0.25) is 0 Å². The number of nitrogens with two attached hydrogens (primary N) is 1. The third-order valence-corrected chi connectivity index (χ3v) is 4.00. The van der Waals surface area contributed by atoms with Crippen LogP contribution in [-0.4, -0.2) is 12.1 Å². The fourth-order valence-electron chi connectivity index (χ4n) is 2.91. The molecule has 0 saturated heterocycles. The molecule has 0 saturated carbocycles. The lowest BCUT2D eigenvalue weighted by Gasteiger charge is -2.20. The topological polar surface area (TPSA) is 48.1 Å². The van der Waals surface area contributed by atoms with Crippen LogP contribution < -0.4 is 10.5 Å². The van der Waals surface area contributed by atoms with E-state index < -0.39 is 0 Å². The van der Waals surface area contributed by atoms with Crippen LogP contribution in [0.5, 0.6) is 5.75 Å². The normalized spacial score (nSPS) is 18.6. The molecule has 0 bridgehead atoms. The number of halogens is 1. The van der Waals surface area contributed by atoms with Gasteiger partial charge in [-0.25, -0.2) is 4.39 Å². The van der Waals surface area contributed by atoms with Crippen molar-refractivity contribution in [1.29, 1.82) is 0 Å². The Labute approximate surface area is 117 Å². The first-order chi connectivity index (χ1) is 9.70. The summed E-state index contributed by atoms with van der Waals surface area (Å²) in [6, 6.07) is 8.67. The van der Waals surface area contributed by atoms with E-state index in [1.54, 1.807) is 18.3 Å². The average Bonchev–Trinajstić information content (AvgIpc) is 2.91. The van der Waals surface area contributed by atoms with Crippen molar-refractivity contribution in [3.8, 4) is 5.75 Å². The second kappa shape index (κ2) is 5.21. The molecule has 1 aliphatic carbocycles. The number of ether oxygens (including phenoxy) is 1. The zero-order valence-corrected chi connectivity index (χ0v) is 11.3. The lowest BCUT2D eigenvalue weighted by Crippen LogP contribution is -2.19. The van der Waals surface area contributed by atoms with E-state index in [0.29, 0.717) is 0 Å². The molecule has 2 aromatic rings. The Morgan fingerprint density at radius 1 is 1.40 bits per heavy atom. The van der Waals surface area contributed by atoms with E-state index in [2.05, 4.69) is 11.1 Å². The third kappa shape index (κ3) is 2.16. The van der Waals surface area contributed by atoms with Crippen LogP contribution in [0.1, 0.15) is 35.2 Å². The summed E-state index contributed by atoms with van der Waals surface area (Å²) in [5.41, 5.74) is 9.59. The highest BCUT2D eigenvalue weighted by Gasteiger charge is 2.30. The highest BCUT2D eigenvalue weighted by Crippen LogP contribution is 2.39. The number of hydrogen-bond donors (Lipinski definition) is 1. The van der Waals surface area contributed by atoms with Gasteiger partial charge in [-0.3, -0.25) is 4.98 Å². The zero-order chi connectivity index (χ0) is 14.1. The second-order valence-corrected chi connectivity index (χ2v) is 5.11. The van der Waals surface area contributed by atoms with Crippen molar-refractivity contribution in [3.05, 3.63) is 59.2 Å². The quantitative estimate of drug-likeness (QED) is 0.934. The van der Waals surface area contributed by atoms with Gasteiger partial charge in [0.05, 0.1) is 7.11 Å². The molecule has 0 aliphatic heterocycles. The molecule has 2 unspecified atom stereocenters. The van der Waals surface area contributed by atoms with Gasteiger partial charge in [0, 0.05) is 23.9 Å².